The molecule has 1 N–H and O–H groups in total. The van der Waals surface area contributed by atoms with E-state index >= 15 is 0 Å². The van der Waals surface area contributed by atoms with Crippen LogP contribution in [0, 0.1) is 0 Å². The van der Waals surface area contributed by atoms with Gasteiger partial charge in [0.1, 0.15) is 0 Å². The van der Waals surface area contributed by atoms with Crippen LogP contribution in [0.2, 0.25) is 0 Å². The van der Waals surface area contributed by atoms with Crippen molar-refractivity contribution in [3.63, 3.8) is 0 Å². The number of hydrogen-bond acceptors (Lipinski definition) is 1. The Kier molecular flexibility index (Phi) is 1.89. The number of anilines is 1. The molecule has 2 nitrogen and oxygen atoms in total. The van der Waals surface area contributed by atoms with E-state index in [1.807, 2.05) is 12.4 Å². The van der Waals surface area contributed by atoms with Gasteiger partial charge < -0.3 is 4.90 Å². The van der Waals surface area contributed by atoms with E-state index in [0.29, 0.717) is 0 Å². The van der Waals surface area contributed by atoms with Gasteiger partial charge >= 0.3 is 0 Å². The monoisotopic (exact) mass is 173 g/mol. The molecule has 2 rings (SSSR count). The van der Waals surface area contributed by atoms with Crippen molar-refractivity contribution in [3.8, 4) is 0 Å². The molecule has 1 heterocycles. The van der Waals surface area contributed by atoms with Gasteiger partial charge in [0.2, 0.25) is 0 Å². The highest BCUT2D eigenvalue weighted by atomic mass is 15.1. The van der Waals surface area contributed by atoms with Crippen LogP contribution in [0.4, 0.5) is 5.69 Å². The average Bonchev–Trinajstić information content (AvgIpc) is 2.17. The van der Waals surface area contributed by atoms with E-state index in [1.54, 1.807) is 0 Å². The van der Waals surface area contributed by atoms with Crippen LogP contribution in [0.5, 0.6) is 0 Å². The molecule has 0 atom stereocenters. The second kappa shape index (κ2) is 3.05. The third kappa shape index (κ3) is 1.47. The lowest BCUT2D eigenvalue weighted by Gasteiger charge is -2.12. The number of aromatic nitrogens is 1. The van der Waals surface area contributed by atoms with Crippen molar-refractivity contribution in [2.45, 2.75) is 0 Å². The summed E-state index contributed by atoms with van der Waals surface area (Å²) in [5.74, 6) is 0. The van der Waals surface area contributed by atoms with Crippen LogP contribution in [0.25, 0.3) is 10.8 Å². The lowest BCUT2D eigenvalue weighted by Crippen LogP contribution is -2.08. The van der Waals surface area contributed by atoms with E-state index < -0.39 is 0 Å². The Morgan fingerprint density at radius 1 is 1.08 bits per heavy atom. The van der Waals surface area contributed by atoms with Crippen LogP contribution in [0.15, 0.2) is 36.7 Å². The Bertz CT molecular complexity index is 421. The molecule has 13 heavy (non-hydrogen) atoms. The fourth-order valence-electron chi connectivity index (χ4n) is 1.39. The van der Waals surface area contributed by atoms with Gasteiger partial charge in [0.25, 0.3) is 0 Å². The molecule has 66 valence electrons. The summed E-state index contributed by atoms with van der Waals surface area (Å²) in [5, 5.41) is 2.51. The number of benzene rings is 1. The Morgan fingerprint density at radius 3 is 2.69 bits per heavy atom. The number of pyridine rings is 1. The summed E-state index contributed by atoms with van der Waals surface area (Å²) in [7, 11) is 4.10. The molecule has 0 aliphatic heterocycles. The minimum absolute atomic E-state index is 1.23. The van der Waals surface area contributed by atoms with Crippen molar-refractivity contribution < 1.29 is 4.98 Å². The van der Waals surface area contributed by atoms with Gasteiger partial charge in [-0.25, -0.2) is 4.98 Å². The van der Waals surface area contributed by atoms with Crippen LogP contribution in [-0.2, 0) is 0 Å². The summed E-state index contributed by atoms with van der Waals surface area (Å²) in [6.45, 7) is 0. The first kappa shape index (κ1) is 8.05. The molecule has 0 aliphatic rings. The van der Waals surface area contributed by atoms with E-state index in [0.717, 1.165) is 0 Å². The maximum Gasteiger partial charge on any atom is 0.174 e. The number of nitrogens with zero attached hydrogens (tertiary/aromatic N) is 1. The highest BCUT2D eigenvalue weighted by molar-refractivity contribution is 5.84. The molecule has 0 bridgehead atoms. The maximum atomic E-state index is 3.07. The third-order valence-electron chi connectivity index (χ3n) is 2.18. The Labute approximate surface area is 77.8 Å². The minimum Gasteiger partial charge on any atom is -0.378 e. The van der Waals surface area contributed by atoms with Crippen LogP contribution in [0.1, 0.15) is 0 Å². The number of aromatic amines is 1. The van der Waals surface area contributed by atoms with E-state index in [4.69, 9.17) is 0 Å². The third-order valence-corrected chi connectivity index (χ3v) is 2.18. The summed E-state index contributed by atoms with van der Waals surface area (Å²) in [4.78, 5) is 5.18. The average molecular weight is 173 g/mol. The van der Waals surface area contributed by atoms with Crippen molar-refractivity contribution in [2.75, 3.05) is 19.0 Å². The lowest BCUT2D eigenvalue weighted by molar-refractivity contribution is -0.375. The predicted molar refractivity (Wildman–Crippen MR) is 54.8 cm³/mol. The topological polar surface area (TPSA) is 17.4 Å². The molecule has 0 aliphatic carbocycles. The van der Waals surface area contributed by atoms with Crippen molar-refractivity contribution in [1.82, 2.24) is 0 Å². The fourth-order valence-corrected chi connectivity index (χ4v) is 1.39. The van der Waals surface area contributed by atoms with Gasteiger partial charge in [0, 0.05) is 31.2 Å². The van der Waals surface area contributed by atoms with Gasteiger partial charge in [-0.1, -0.05) is 0 Å². The standard InChI is InChI=1S/C11H12N2/c1-13(2)11-4-3-10-8-12-6-5-9(10)7-11/h3-8H,1-2H3/p+1. The minimum atomic E-state index is 1.23. The summed E-state index contributed by atoms with van der Waals surface area (Å²) in [6, 6.07) is 8.52. The largest absolute Gasteiger partial charge is 0.378 e. The van der Waals surface area contributed by atoms with Crippen molar-refractivity contribution >= 4 is 16.5 Å². The van der Waals surface area contributed by atoms with Gasteiger partial charge in [0.15, 0.2) is 12.4 Å². The van der Waals surface area contributed by atoms with Crippen molar-refractivity contribution in [2.24, 2.45) is 0 Å². The molecular weight excluding hydrogens is 160 g/mol. The zero-order valence-corrected chi connectivity index (χ0v) is 7.91. The van der Waals surface area contributed by atoms with E-state index in [1.165, 1.54) is 16.5 Å². The zero-order valence-electron chi connectivity index (χ0n) is 7.91. The quantitative estimate of drug-likeness (QED) is 0.642. The normalized spacial score (nSPS) is 10.3. The number of nitrogens with one attached hydrogen (secondary N) is 1. The summed E-state index contributed by atoms with van der Waals surface area (Å²) >= 11 is 0. The number of H-pyrrole nitrogens is 1. The van der Waals surface area contributed by atoms with Gasteiger partial charge in [0.05, 0.1) is 0 Å². The first-order valence-electron chi connectivity index (χ1n) is 4.34. The van der Waals surface area contributed by atoms with Crippen LogP contribution in [0.3, 0.4) is 0 Å². The van der Waals surface area contributed by atoms with E-state index in [9.17, 15) is 0 Å². The molecule has 1 aromatic heterocycles. The lowest BCUT2D eigenvalue weighted by atomic mass is 10.1. The van der Waals surface area contributed by atoms with Crippen LogP contribution < -0.4 is 9.88 Å². The molecular formula is C11H13N2+. The first-order chi connectivity index (χ1) is 6.27. The molecule has 0 saturated heterocycles. The van der Waals surface area contributed by atoms with Crippen molar-refractivity contribution in [1.29, 1.82) is 0 Å². The molecule has 0 unspecified atom stereocenters. The van der Waals surface area contributed by atoms with Gasteiger partial charge in [-0.2, -0.15) is 0 Å². The molecule has 2 heteroatoms. The summed E-state index contributed by atoms with van der Waals surface area (Å²) < 4.78 is 0. The Hall–Kier alpha value is -1.57. The fraction of sp³-hybridized carbons (Fsp3) is 0.182. The molecule has 0 amide bonds. The number of fused-ring (bicyclic) bond motifs is 1. The number of rotatable bonds is 1. The molecule has 0 fully saturated rings. The highest BCUT2D eigenvalue weighted by Crippen LogP contribution is 2.18. The first-order valence-corrected chi connectivity index (χ1v) is 4.34. The molecule has 1 aromatic carbocycles. The molecule has 0 saturated carbocycles. The van der Waals surface area contributed by atoms with Crippen LogP contribution in [-0.4, -0.2) is 14.1 Å². The van der Waals surface area contributed by atoms with Gasteiger partial charge in [-0.3, -0.25) is 0 Å². The molecule has 0 radical (unpaired) electrons. The molecule has 0 spiro atoms. The van der Waals surface area contributed by atoms with Gasteiger partial charge in [-0.05, 0) is 23.6 Å². The second-order valence-electron chi connectivity index (χ2n) is 3.35. The Balaban J connectivity index is 2.62. The van der Waals surface area contributed by atoms with Crippen molar-refractivity contribution in [3.05, 3.63) is 36.7 Å². The van der Waals surface area contributed by atoms with E-state index in [2.05, 4.69) is 48.2 Å². The highest BCUT2D eigenvalue weighted by Gasteiger charge is 1.98. The Morgan fingerprint density at radius 2 is 1.92 bits per heavy atom. The maximum absolute atomic E-state index is 3.07. The molecule has 2 aromatic rings. The zero-order chi connectivity index (χ0) is 9.26. The van der Waals surface area contributed by atoms with Gasteiger partial charge in [-0.15, -0.1) is 0 Å². The number of hydrogen-bond donors (Lipinski definition) is 0. The smallest absolute Gasteiger partial charge is 0.174 e. The summed E-state index contributed by atoms with van der Waals surface area (Å²) in [6.07, 6.45) is 3.95. The van der Waals surface area contributed by atoms with Crippen LogP contribution >= 0.6 is 0 Å². The van der Waals surface area contributed by atoms with E-state index in [-0.39, 0.29) is 0 Å². The predicted octanol–water partition coefficient (Wildman–Crippen LogP) is 1.72. The SMILES string of the molecule is CN(C)c1ccc2c[nH+]ccc2c1. The second-order valence-corrected chi connectivity index (χ2v) is 3.35. The summed E-state index contributed by atoms with van der Waals surface area (Å²) in [5.41, 5.74) is 1.23.